The summed E-state index contributed by atoms with van der Waals surface area (Å²) < 4.78 is 5.01. The van der Waals surface area contributed by atoms with E-state index in [1.807, 2.05) is 37.1 Å². The number of hydrogen-bond acceptors (Lipinski definition) is 5. The van der Waals surface area contributed by atoms with Gasteiger partial charge in [-0.05, 0) is 56.0 Å². The van der Waals surface area contributed by atoms with Gasteiger partial charge in [-0.25, -0.2) is 0 Å². The Morgan fingerprint density at radius 1 is 1.13 bits per heavy atom. The van der Waals surface area contributed by atoms with Crippen LogP contribution in [0.5, 0.6) is 0 Å². The minimum absolute atomic E-state index is 0.293. The lowest BCUT2D eigenvalue weighted by molar-refractivity contribution is -0.402. The number of nitrogens with zero attached hydrogens (tertiary/aromatic N) is 2. The molecular formula is C17H14N3O3. The molecule has 23 heavy (non-hydrogen) atoms. The number of benzene rings is 1. The molecule has 1 fully saturated rings. The fourth-order valence-corrected chi connectivity index (χ4v) is 2.05. The van der Waals surface area contributed by atoms with Crippen LogP contribution in [0.3, 0.4) is 0 Å². The highest BCUT2D eigenvalue weighted by Gasteiger charge is 2.16. The first-order valence-corrected chi connectivity index (χ1v) is 7.03. The molecule has 6 nitrogen and oxygen atoms in total. The van der Waals surface area contributed by atoms with E-state index in [0.29, 0.717) is 5.76 Å². The highest BCUT2D eigenvalue weighted by Crippen LogP contribution is 2.24. The van der Waals surface area contributed by atoms with Crippen LogP contribution in [0.25, 0.3) is 0 Å². The normalized spacial score (nSPS) is 15.3. The van der Waals surface area contributed by atoms with Crippen molar-refractivity contribution in [1.29, 1.82) is 0 Å². The van der Waals surface area contributed by atoms with Crippen molar-refractivity contribution in [2.45, 2.75) is 0 Å². The van der Waals surface area contributed by atoms with Crippen molar-refractivity contribution < 1.29 is 9.34 Å². The molecule has 6 heteroatoms. The second-order valence-electron chi connectivity index (χ2n) is 4.88. The van der Waals surface area contributed by atoms with Gasteiger partial charge < -0.3 is 9.73 Å². The van der Waals surface area contributed by atoms with Gasteiger partial charge in [-0.3, -0.25) is 15.1 Å². The number of aliphatic imine (C=N–C) groups is 1. The van der Waals surface area contributed by atoms with Crippen molar-refractivity contribution >= 4 is 23.5 Å². The molecule has 1 aliphatic carbocycles. The van der Waals surface area contributed by atoms with Crippen LogP contribution in [0.4, 0.5) is 17.3 Å². The molecular weight excluding hydrogens is 294 g/mol. The fourth-order valence-electron chi connectivity index (χ4n) is 2.05. The molecule has 0 aliphatic heterocycles. The number of anilines is 1. The second kappa shape index (κ2) is 7.09. The molecule has 0 bridgehead atoms. The number of nitrogens with one attached hydrogen (secondary N) is 1. The molecule has 0 spiro atoms. The zero-order valence-electron chi connectivity index (χ0n) is 12.2. The summed E-state index contributed by atoms with van der Waals surface area (Å²) in [4.78, 5) is 14.2. The topological polar surface area (TPSA) is 80.7 Å². The van der Waals surface area contributed by atoms with Gasteiger partial charge in [0.15, 0.2) is 5.76 Å². The van der Waals surface area contributed by atoms with Gasteiger partial charge in [0.2, 0.25) is 0 Å². The van der Waals surface area contributed by atoms with E-state index in [-0.39, 0.29) is 5.88 Å². The predicted molar refractivity (Wildman–Crippen MR) is 88.0 cm³/mol. The van der Waals surface area contributed by atoms with Crippen molar-refractivity contribution in [3.05, 3.63) is 83.9 Å². The molecule has 5 radical (unpaired) electrons. The lowest BCUT2D eigenvalue weighted by Gasteiger charge is -2.10. The van der Waals surface area contributed by atoms with Gasteiger partial charge in [0.1, 0.15) is 4.92 Å². The molecule has 3 rings (SSSR count). The molecule has 1 aromatic carbocycles. The smallest absolute Gasteiger partial charge is 0.400 e. The van der Waals surface area contributed by atoms with E-state index in [1.165, 1.54) is 24.3 Å². The van der Waals surface area contributed by atoms with Gasteiger partial charge in [0, 0.05) is 18.2 Å². The Morgan fingerprint density at radius 3 is 2.52 bits per heavy atom. The zero-order valence-corrected chi connectivity index (χ0v) is 12.2. The number of furan rings is 1. The molecule has 2 aromatic rings. The first-order chi connectivity index (χ1) is 11.2. The second-order valence-corrected chi connectivity index (χ2v) is 4.88. The monoisotopic (exact) mass is 308 g/mol. The Hall–Kier alpha value is -2.63. The fraction of sp³-hybridized carbons (Fsp3) is 0.0588. The van der Waals surface area contributed by atoms with E-state index in [1.54, 1.807) is 0 Å². The van der Waals surface area contributed by atoms with Gasteiger partial charge in [-0.15, -0.1) is 0 Å². The van der Waals surface area contributed by atoms with E-state index in [0.717, 1.165) is 17.9 Å². The maximum atomic E-state index is 10.5. The first kappa shape index (κ1) is 15.3. The predicted octanol–water partition coefficient (Wildman–Crippen LogP) is 3.76. The summed E-state index contributed by atoms with van der Waals surface area (Å²) in [6.45, 7) is 0.770. The van der Waals surface area contributed by atoms with E-state index in [4.69, 9.17) is 4.42 Å². The third-order valence-corrected chi connectivity index (χ3v) is 3.23. The number of nitro groups is 1. The van der Waals surface area contributed by atoms with Gasteiger partial charge in [0.05, 0.1) is 18.0 Å². The molecule has 1 aromatic heterocycles. The summed E-state index contributed by atoms with van der Waals surface area (Å²) in [7, 11) is 0. The highest BCUT2D eigenvalue weighted by atomic mass is 16.6. The lowest BCUT2D eigenvalue weighted by Crippen LogP contribution is -2.09. The standard InChI is InChI=1S/C17H14N3O3/c21-20(22)17-10-9-16(23-17)12-19-15-7-5-14(6-8-15)18-11-13-3-1-2-4-13/h1-10,12,18H,11H2. The molecule has 115 valence electrons. The Kier molecular flexibility index (Phi) is 4.71. The quantitative estimate of drug-likeness (QED) is 0.500. The molecule has 1 saturated carbocycles. The summed E-state index contributed by atoms with van der Waals surface area (Å²) in [5.74, 6) is 1.28. The maximum Gasteiger partial charge on any atom is 0.433 e. The molecule has 0 unspecified atom stereocenters. The minimum Gasteiger partial charge on any atom is -0.400 e. The van der Waals surface area contributed by atoms with Gasteiger partial charge >= 0.3 is 5.88 Å². The van der Waals surface area contributed by atoms with Crippen molar-refractivity contribution in [3.63, 3.8) is 0 Å². The third kappa shape index (κ3) is 4.18. The average molecular weight is 308 g/mol. The molecule has 0 amide bonds. The van der Waals surface area contributed by atoms with E-state index in [9.17, 15) is 10.1 Å². The van der Waals surface area contributed by atoms with E-state index in [2.05, 4.69) is 23.2 Å². The van der Waals surface area contributed by atoms with Gasteiger partial charge in [0.25, 0.3) is 0 Å². The summed E-state index contributed by atoms with van der Waals surface area (Å²) in [6, 6.07) is 10.4. The summed E-state index contributed by atoms with van der Waals surface area (Å²) >= 11 is 0. The average Bonchev–Trinajstić information content (AvgIpc) is 3.23. The minimum atomic E-state index is -0.579. The van der Waals surface area contributed by atoms with Crippen LogP contribution in [0.2, 0.25) is 0 Å². The third-order valence-electron chi connectivity index (χ3n) is 3.23. The van der Waals surface area contributed by atoms with E-state index < -0.39 is 4.92 Å². The van der Waals surface area contributed by atoms with Crippen LogP contribution in [-0.4, -0.2) is 17.7 Å². The highest BCUT2D eigenvalue weighted by molar-refractivity contribution is 5.79. The number of rotatable bonds is 6. The van der Waals surface area contributed by atoms with Gasteiger partial charge in [-0.2, -0.15) is 0 Å². The molecule has 1 N–H and O–H groups in total. The molecule has 0 saturated heterocycles. The van der Waals surface area contributed by atoms with Crippen molar-refractivity contribution in [1.82, 2.24) is 0 Å². The Balaban J connectivity index is 1.55. The van der Waals surface area contributed by atoms with E-state index >= 15 is 0 Å². The van der Waals surface area contributed by atoms with Crippen LogP contribution in [0, 0.1) is 41.7 Å². The molecule has 1 heterocycles. The van der Waals surface area contributed by atoms with Gasteiger partial charge in [-0.1, -0.05) is 0 Å². The van der Waals surface area contributed by atoms with Crippen LogP contribution >= 0.6 is 0 Å². The van der Waals surface area contributed by atoms with Crippen molar-refractivity contribution in [2.75, 3.05) is 11.9 Å². The Labute approximate surface area is 134 Å². The zero-order chi connectivity index (χ0) is 16.1. The van der Waals surface area contributed by atoms with Crippen molar-refractivity contribution in [2.24, 2.45) is 4.99 Å². The summed E-state index contributed by atoms with van der Waals surface area (Å²) in [5.41, 5.74) is 1.74. The maximum absolute atomic E-state index is 10.5. The Bertz CT molecular complexity index is 685. The largest absolute Gasteiger partial charge is 0.433 e. The van der Waals surface area contributed by atoms with Crippen molar-refractivity contribution in [3.8, 4) is 0 Å². The SMILES string of the molecule is O=[N+]([O-])c1ccc(C=Nc2ccc(NC[C]3[CH][CH][CH][CH]3)cc2)o1. The van der Waals surface area contributed by atoms with Crippen LogP contribution < -0.4 is 5.32 Å². The lowest BCUT2D eigenvalue weighted by atomic mass is 10.1. The van der Waals surface area contributed by atoms with Crippen LogP contribution in [-0.2, 0) is 0 Å². The Morgan fingerprint density at radius 2 is 1.87 bits per heavy atom. The molecule has 0 atom stereocenters. The van der Waals surface area contributed by atoms with Crippen LogP contribution in [0.1, 0.15) is 5.76 Å². The number of hydrogen-bond donors (Lipinski definition) is 1. The summed E-state index contributed by atoms with van der Waals surface area (Å²) in [6.07, 6.45) is 9.60. The first-order valence-electron chi connectivity index (χ1n) is 7.03. The summed E-state index contributed by atoms with van der Waals surface area (Å²) in [5, 5.41) is 13.9. The van der Waals surface area contributed by atoms with Crippen LogP contribution in [0.15, 0.2) is 45.8 Å². The molecule has 1 aliphatic rings.